The van der Waals surface area contributed by atoms with Crippen molar-refractivity contribution < 1.29 is 0 Å². The van der Waals surface area contributed by atoms with Gasteiger partial charge in [-0.2, -0.15) is 0 Å². The SMILES string of the molecule is C=CCN(CC=C)CCNC. The molecular weight excluding hydrogens is 136 g/mol. The molecule has 2 heteroatoms. The minimum absolute atomic E-state index is 0.938. The van der Waals surface area contributed by atoms with Gasteiger partial charge >= 0.3 is 0 Å². The molecule has 11 heavy (non-hydrogen) atoms. The molecule has 0 saturated carbocycles. The first-order valence-electron chi connectivity index (χ1n) is 3.94. The van der Waals surface area contributed by atoms with E-state index in [-0.39, 0.29) is 0 Å². The molecular formula is C9H18N2. The molecule has 0 heterocycles. The Balaban J connectivity index is 3.49. The van der Waals surface area contributed by atoms with E-state index in [1.807, 2.05) is 19.2 Å². The molecule has 0 unspecified atom stereocenters. The van der Waals surface area contributed by atoms with Crippen molar-refractivity contribution >= 4 is 0 Å². The Hall–Kier alpha value is -0.600. The third kappa shape index (κ3) is 5.83. The van der Waals surface area contributed by atoms with Crippen LogP contribution in [0.1, 0.15) is 0 Å². The fourth-order valence-electron chi connectivity index (χ4n) is 0.892. The topological polar surface area (TPSA) is 15.3 Å². The summed E-state index contributed by atoms with van der Waals surface area (Å²) in [4.78, 5) is 2.27. The van der Waals surface area contributed by atoms with Gasteiger partial charge in [-0.25, -0.2) is 0 Å². The van der Waals surface area contributed by atoms with Gasteiger partial charge in [-0.3, -0.25) is 4.90 Å². The van der Waals surface area contributed by atoms with E-state index < -0.39 is 0 Å². The number of nitrogens with one attached hydrogen (secondary N) is 1. The van der Waals surface area contributed by atoms with Crippen LogP contribution in [0, 0.1) is 0 Å². The molecule has 0 atom stereocenters. The molecule has 0 aromatic rings. The molecule has 0 aromatic carbocycles. The Morgan fingerprint density at radius 3 is 2.18 bits per heavy atom. The van der Waals surface area contributed by atoms with E-state index in [1.165, 1.54) is 0 Å². The quantitative estimate of drug-likeness (QED) is 0.548. The first kappa shape index (κ1) is 10.4. The van der Waals surface area contributed by atoms with Crippen molar-refractivity contribution in [3.05, 3.63) is 25.3 Å². The van der Waals surface area contributed by atoms with Gasteiger partial charge in [0.15, 0.2) is 0 Å². The highest BCUT2D eigenvalue weighted by Crippen LogP contribution is 1.86. The molecule has 0 spiro atoms. The summed E-state index contributed by atoms with van der Waals surface area (Å²) in [5.41, 5.74) is 0. The van der Waals surface area contributed by atoms with Crippen LogP contribution in [0.15, 0.2) is 25.3 Å². The summed E-state index contributed by atoms with van der Waals surface area (Å²) in [6.45, 7) is 11.3. The maximum Gasteiger partial charge on any atom is 0.0164 e. The fourth-order valence-corrected chi connectivity index (χ4v) is 0.892. The molecule has 0 saturated heterocycles. The van der Waals surface area contributed by atoms with Gasteiger partial charge in [0.25, 0.3) is 0 Å². The zero-order chi connectivity index (χ0) is 8.53. The number of likely N-dealkylation sites (N-methyl/N-ethyl adjacent to an activating group) is 1. The number of hydrogen-bond donors (Lipinski definition) is 1. The van der Waals surface area contributed by atoms with Gasteiger partial charge in [-0.15, -0.1) is 13.2 Å². The standard InChI is InChI=1S/C9H18N2/c1-4-7-11(8-5-2)9-6-10-3/h4-5,10H,1-2,6-9H2,3H3. The second-order valence-corrected chi connectivity index (χ2v) is 2.44. The van der Waals surface area contributed by atoms with Crippen molar-refractivity contribution in [2.75, 3.05) is 33.2 Å². The summed E-state index contributed by atoms with van der Waals surface area (Å²) in [7, 11) is 1.96. The maximum absolute atomic E-state index is 3.69. The van der Waals surface area contributed by atoms with E-state index in [1.54, 1.807) is 0 Å². The lowest BCUT2D eigenvalue weighted by atomic mass is 10.4. The Labute approximate surface area is 69.6 Å². The summed E-state index contributed by atoms with van der Waals surface area (Å²) < 4.78 is 0. The molecule has 2 nitrogen and oxygen atoms in total. The molecule has 0 amide bonds. The smallest absolute Gasteiger partial charge is 0.0164 e. The average Bonchev–Trinajstić information content (AvgIpc) is 2.01. The Kier molecular flexibility index (Phi) is 7.10. The first-order chi connectivity index (χ1) is 5.35. The van der Waals surface area contributed by atoms with Gasteiger partial charge in [0.05, 0.1) is 0 Å². The van der Waals surface area contributed by atoms with Crippen LogP contribution in [0.25, 0.3) is 0 Å². The van der Waals surface area contributed by atoms with Crippen molar-refractivity contribution in [1.82, 2.24) is 10.2 Å². The van der Waals surface area contributed by atoms with Gasteiger partial charge in [0.1, 0.15) is 0 Å². The average molecular weight is 154 g/mol. The number of rotatable bonds is 7. The van der Waals surface area contributed by atoms with Crippen LogP contribution in [-0.2, 0) is 0 Å². The monoisotopic (exact) mass is 154 g/mol. The van der Waals surface area contributed by atoms with Crippen molar-refractivity contribution in [3.8, 4) is 0 Å². The van der Waals surface area contributed by atoms with E-state index in [0.29, 0.717) is 0 Å². The van der Waals surface area contributed by atoms with Gasteiger partial charge in [0, 0.05) is 26.2 Å². The van der Waals surface area contributed by atoms with E-state index in [0.717, 1.165) is 26.2 Å². The predicted octanol–water partition coefficient (Wildman–Crippen LogP) is 0.880. The molecule has 0 fully saturated rings. The Morgan fingerprint density at radius 1 is 1.27 bits per heavy atom. The Bertz CT molecular complexity index is 100. The minimum Gasteiger partial charge on any atom is -0.318 e. The van der Waals surface area contributed by atoms with Crippen molar-refractivity contribution in [2.45, 2.75) is 0 Å². The first-order valence-corrected chi connectivity index (χ1v) is 3.94. The zero-order valence-electron chi connectivity index (χ0n) is 7.34. The van der Waals surface area contributed by atoms with Crippen LogP contribution in [0.4, 0.5) is 0 Å². The molecule has 0 aliphatic rings. The second-order valence-electron chi connectivity index (χ2n) is 2.44. The molecule has 1 N–H and O–H groups in total. The highest BCUT2D eigenvalue weighted by atomic mass is 15.1. The zero-order valence-corrected chi connectivity index (χ0v) is 7.34. The van der Waals surface area contributed by atoms with Crippen molar-refractivity contribution in [2.24, 2.45) is 0 Å². The third-order valence-corrected chi connectivity index (χ3v) is 1.45. The van der Waals surface area contributed by atoms with Gasteiger partial charge in [0.2, 0.25) is 0 Å². The normalized spacial score (nSPS) is 10.0. The molecule has 0 aliphatic heterocycles. The van der Waals surface area contributed by atoms with Crippen LogP contribution < -0.4 is 5.32 Å². The van der Waals surface area contributed by atoms with Crippen LogP contribution in [0.5, 0.6) is 0 Å². The molecule has 0 aliphatic carbocycles. The molecule has 64 valence electrons. The number of nitrogens with zero attached hydrogens (tertiary/aromatic N) is 1. The van der Waals surface area contributed by atoms with E-state index in [9.17, 15) is 0 Å². The van der Waals surface area contributed by atoms with Crippen LogP contribution in [-0.4, -0.2) is 38.1 Å². The highest BCUT2D eigenvalue weighted by molar-refractivity contribution is 4.79. The minimum atomic E-state index is 0.938. The van der Waals surface area contributed by atoms with Gasteiger partial charge in [-0.05, 0) is 7.05 Å². The summed E-state index contributed by atoms with van der Waals surface area (Å²) in [5.74, 6) is 0. The van der Waals surface area contributed by atoms with Gasteiger partial charge < -0.3 is 5.32 Å². The lowest BCUT2D eigenvalue weighted by Crippen LogP contribution is -2.31. The predicted molar refractivity (Wildman–Crippen MR) is 50.8 cm³/mol. The van der Waals surface area contributed by atoms with Gasteiger partial charge in [-0.1, -0.05) is 12.2 Å². The van der Waals surface area contributed by atoms with Crippen molar-refractivity contribution in [1.29, 1.82) is 0 Å². The lowest BCUT2D eigenvalue weighted by Gasteiger charge is -2.17. The number of hydrogen-bond acceptors (Lipinski definition) is 2. The second kappa shape index (κ2) is 7.51. The summed E-state index contributed by atoms with van der Waals surface area (Å²) >= 11 is 0. The fraction of sp³-hybridized carbons (Fsp3) is 0.556. The summed E-state index contributed by atoms with van der Waals surface area (Å²) in [6.07, 6.45) is 3.83. The molecule has 0 rings (SSSR count). The third-order valence-electron chi connectivity index (χ3n) is 1.45. The summed E-state index contributed by atoms with van der Waals surface area (Å²) in [6, 6.07) is 0. The van der Waals surface area contributed by atoms with Crippen LogP contribution >= 0.6 is 0 Å². The lowest BCUT2D eigenvalue weighted by molar-refractivity contribution is 0.336. The van der Waals surface area contributed by atoms with Crippen molar-refractivity contribution in [3.63, 3.8) is 0 Å². The molecule has 0 bridgehead atoms. The van der Waals surface area contributed by atoms with E-state index in [4.69, 9.17) is 0 Å². The van der Waals surface area contributed by atoms with Crippen LogP contribution in [0.3, 0.4) is 0 Å². The van der Waals surface area contributed by atoms with E-state index >= 15 is 0 Å². The maximum atomic E-state index is 3.69. The summed E-state index contributed by atoms with van der Waals surface area (Å²) in [5, 5.41) is 3.10. The van der Waals surface area contributed by atoms with E-state index in [2.05, 4.69) is 23.4 Å². The molecule has 0 radical (unpaired) electrons. The highest BCUT2D eigenvalue weighted by Gasteiger charge is 1.97. The Morgan fingerprint density at radius 2 is 1.82 bits per heavy atom. The largest absolute Gasteiger partial charge is 0.318 e. The van der Waals surface area contributed by atoms with Crippen LogP contribution in [0.2, 0.25) is 0 Å². The molecule has 0 aromatic heterocycles.